The quantitative estimate of drug-likeness (QED) is 0.609. The zero-order valence-corrected chi connectivity index (χ0v) is 9.18. The van der Waals surface area contributed by atoms with Crippen molar-refractivity contribution in [3.63, 3.8) is 0 Å². The minimum Gasteiger partial charge on any atom is -0.369 e. The van der Waals surface area contributed by atoms with E-state index in [1.54, 1.807) is 0 Å². The average molecular weight is 185 g/mol. The molecular formula is C11H23NO. The van der Waals surface area contributed by atoms with Gasteiger partial charge in [0.1, 0.15) is 0 Å². The molecule has 0 bridgehead atoms. The van der Waals surface area contributed by atoms with E-state index in [4.69, 9.17) is 5.73 Å². The Bertz CT molecular complexity index is 143. The largest absolute Gasteiger partial charge is 0.369 e. The first kappa shape index (κ1) is 12.5. The van der Waals surface area contributed by atoms with Crippen LogP contribution in [0.5, 0.6) is 0 Å². The molecule has 0 aliphatic heterocycles. The summed E-state index contributed by atoms with van der Waals surface area (Å²) in [6.07, 6.45) is 5.84. The summed E-state index contributed by atoms with van der Waals surface area (Å²) in [5, 5.41) is 0. The molecule has 0 aromatic carbocycles. The number of hydrogen-bond donors (Lipinski definition) is 1. The third-order valence-corrected chi connectivity index (χ3v) is 2.54. The van der Waals surface area contributed by atoms with Crippen molar-refractivity contribution in [3.05, 3.63) is 0 Å². The Hall–Kier alpha value is -0.530. The first-order valence-corrected chi connectivity index (χ1v) is 5.38. The van der Waals surface area contributed by atoms with E-state index in [2.05, 4.69) is 20.8 Å². The Kier molecular flexibility index (Phi) is 6.65. The lowest BCUT2D eigenvalue weighted by Gasteiger charge is -2.16. The molecule has 0 spiro atoms. The van der Waals surface area contributed by atoms with Crippen LogP contribution < -0.4 is 5.73 Å². The van der Waals surface area contributed by atoms with E-state index in [0.29, 0.717) is 5.92 Å². The van der Waals surface area contributed by atoms with Gasteiger partial charge in [0.25, 0.3) is 0 Å². The molecule has 0 rings (SSSR count). The van der Waals surface area contributed by atoms with Crippen molar-refractivity contribution in [1.82, 2.24) is 0 Å². The second kappa shape index (κ2) is 6.93. The molecule has 0 aliphatic rings. The second-order valence-electron chi connectivity index (χ2n) is 4.10. The van der Waals surface area contributed by atoms with Crippen LogP contribution in [-0.2, 0) is 4.79 Å². The lowest BCUT2D eigenvalue weighted by atomic mass is 9.90. The monoisotopic (exact) mass is 185 g/mol. The molecule has 1 unspecified atom stereocenters. The summed E-state index contributed by atoms with van der Waals surface area (Å²) in [5.74, 6) is 0.336. The summed E-state index contributed by atoms with van der Waals surface area (Å²) >= 11 is 0. The molecule has 0 radical (unpaired) electrons. The molecule has 2 nitrogen and oxygen atoms in total. The Morgan fingerprint density at radius 1 is 1.23 bits per heavy atom. The van der Waals surface area contributed by atoms with E-state index in [1.165, 1.54) is 19.3 Å². The number of unbranched alkanes of at least 4 members (excludes halogenated alkanes) is 3. The van der Waals surface area contributed by atoms with E-state index in [-0.39, 0.29) is 11.8 Å². The van der Waals surface area contributed by atoms with Crippen molar-refractivity contribution in [3.8, 4) is 0 Å². The number of hydrogen-bond acceptors (Lipinski definition) is 1. The van der Waals surface area contributed by atoms with Crippen molar-refractivity contribution in [2.75, 3.05) is 0 Å². The number of amides is 1. The van der Waals surface area contributed by atoms with Gasteiger partial charge >= 0.3 is 0 Å². The minimum absolute atomic E-state index is 0.0804. The van der Waals surface area contributed by atoms with E-state index in [0.717, 1.165) is 12.8 Å². The van der Waals surface area contributed by atoms with Crippen LogP contribution in [0.4, 0.5) is 0 Å². The van der Waals surface area contributed by atoms with Gasteiger partial charge in [0.15, 0.2) is 0 Å². The smallest absolute Gasteiger partial charge is 0.220 e. The molecule has 0 saturated heterocycles. The fourth-order valence-corrected chi connectivity index (χ4v) is 1.60. The second-order valence-corrected chi connectivity index (χ2v) is 4.10. The van der Waals surface area contributed by atoms with Crippen molar-refractivity contribution in [2.24, 2.45) is 17.6 Å². The van der Waals surface area contributed by atoms with Crippen LogP contribution >= 0.6 is 0 Å². The van der Waals surface area contributed by atoms with E-state index in [1.807, 2.05) is 0 Å². The molecule has 13 heavy (non-hydrogen) atoms. The summed E-state index contributed by atoms with van der Waals surface area (Å²) in [4.78, 5) is 11.0. The zero-order chi connectivity index (χ0) is 10.3. The highest BCUT2D eigenvalue weighted by Gasteiger charge is 2.18. The number of carbonyl (C=O) groups is 1. The molecule has 0 heterocycles. The summed E-state index contributed by atoms with van der Waals surface area (Å²) in [5.41, 5.74) is 5.31. The van der Waals surface area contributed by atoms with Crippen LogP contribution in [0, 0.1) is 11.8 Å². The van der Waals surface area contributed by atoms with Gasteiger partial charge < -0.3 is 5.73 Å². The van der Waals surface area contributed by atoms with Gasteiger partial charge in [-0.3, -0.25) is 4.79 Å². The molecule has 0 aromatic rings. The average Bonchev–Trinajstić information content (AvgIpc) is 2.02. The molecule has 2 heteroatoms. The Labute approximate surface area is 81.9 Å². The highest BCUT2D eigenvalue weighted by atomic mass is 16.1. The normalized spacial score (nSPS) is 13.2. The van der Waals surface area contributed by atoms with E-state index in [9.17, 15) is 4.79 Å². The van der Waals surface area contributed by atoms with Gasteiger partial charge in [0, 0.05) is 5.92 Å². The molecule has 1 amide bonds. The van der Waals surface area contributed by atoms with Crippen LogP contribution in [0.25, 0.3) is 0 Å². The summed E-state index contributed by atoms with van der Waals surface area (Å²) < 4.78 is 0. The number of nitrogens with two attached hydrogens (primary N) is 1. The fraction of sp³-hybridized carbons (Fsp3) is 0.909. The van der Waals surface area contributed by atoms with Gasteiger partial charge in [-0.25, -0.2) is 0 Å². The Morgan fingerprint density at radius 2 is 1.85 bits per heavy atom. The highest BCUT2D eigenvalue weighted by molar-refractivity contribution is 5.76. The van der Waals surface area contributed by atoms with E-state index < -0.39 is 0 Å². The first-order valence-electron chi connectivity index (χ1n) is 5.38. The van der Waals surface area contributed by atoms with Gasteiger partial charge in [0.2, 0.25) is 5.91 Å². The van der Waals surface area contributed by atoms with Crippen molar-refractivity contribution in [2.45, 2.75) is 52.9 Å². The summed E-state index contributed by atoms with van der Waals surface area (Å²) in [7, 11) is 0. The predicted molar refractivity (Wildman–Crippen MR) is 56.3 cm³/mol. The highest BCUT2D eigenvalue weighted by Crippen LogP contribution is 2.18. The molecule has 0 fully saturated rings. The SMILES string of the molecule is CCCCCCC(C(N)=O)C(C)C. The van der Waals surface area contributed by atoms with Crippen molar-refractivity contribution in [1.29, 1.82) is 0 Å². The van der Waals surface area contributed by atoms with E-state index >= 15 is 0 Å². The lowest BCUT2D eigenvalue weighted by molar-refractivity contribution is -0.123. The standard InChI is InChI=1S/C11H23NO/c1-4-5-6-7-8-10(9(2)3)11(12)13/h9-10H,4-8H2,1-3H3,(H2,12,13). The molecule has 2 N–H and O–H groups in total. The van der Waals surface area contributed by atoms with Crippen molar-refractivity contribution >= 4 is 5.91 Å². The molecular weight excluding hydrogens is 162 g/mol. The maximum atomic E-state index is 11.0. The maximum absolute atomic E-state index is 11.0. The summed E-state index contributed by atoms with van der Waals surface area (Å²) in [6.45, 7) is 6.32. The van der Waals surface area contributed by atoms with Crippen LogP contribution in [0.15, 0.2) is 0 Å². The van der Waals surface area contributed by atoms with Crippen LogP contribution in [0.2, 0.25) is 0 Å². The summed E-state index contributed by atoms with van der Waals surface area (Å²) in [6, 6.07) is 0. The molecule has 78 valence electrons. The molecule has 0 aromatic heterocycles. The number of rotatable bonds is 7. The third-order valence-electron chi connectivity index (χ3n) is 2.54. The minimum atomic E-state index is -0.133. The van der Waals surface area contributed by atoms with Gasteiger partial charge in [-0.2, -0.15) is 0 Å². The third kappa shape index (κ3) is 5.67. The van der Waals surface area contributed by atoms with Gasteiger partial charge in [-0.15, -0.1) is 0 Å². The first-order chi connectivity index (χ1) is 6.09. The van der Waals surface area contributed by atoms with Crippen LogP contribution in [0.3, 0.4) is 0 Å². The fourth-order valence-electron chi connectivity index (χ4n) is 1.60. The number of carbonyl (C=O) groups excluding carboxylic acids is 1. The lowest BCUT2D eigenvalue weighted by Crippen LogP contribution is -2.27. The molecule has 0 aliphatic carbocycles. The number of primary amides is 1. The molecule has 0 saturated carbocycles. The van der Waals surface area contributed by atoms with Gasteiger partial charge in [-0.05, 0) is 12.3 Å². The van der Waals surface area contributed by atoms with Crippen molar-refractivity contribution < 1.29 is 4.79 Å². The predicted octanol–water partition coefficient (Wildman–Crippen LogP) is 2.71. The Balaban J connectivity index is 3.64. The van der Waals surface area contributed by atoms with Crippen LogP contribution in [-0.4, -0.2) is 5.91 Å². The zero-order valence-electron chi connectivity index (χ0n) is 9.18. The Morgan fingerprint density at radius 3 is 2.23 bits per heavy atom. The van der Waals surface area contributed by atoms with Gasteiger partial charge in [0.05, 0.1) is 0 Å². The van der Waals surface area contributed by atoms with Gasteiger partial charge in [-0.1, -0.05) is 46.5 Å². The van der Waals surface area contributed by atoms with Crippen LogP contribution in [0.1, 0.15) is 52.9 Å². The maximum Gasteiger partial charge on any atom is 0.220 e. The molecule has 1 atom stereocenters. The topological polar surface area (TPSA) is 43.1 Å².